The first-order chi connectivity index (χ1) is 19.5. The SMILES string of the molecule is Cc1ccc(N(CC(=O)N(Cc2cccc(Br)c2)C(Cc2ccccc2)C(=O)NC2CCCC2)S(C)(=O)=O)c(C)c1. The number of benzene rings is 3. The largest absolute Gasteiger partial charge is 0.352 e. The molecule has 0 heterocycles. The van der Waals surface area contributed by atoms with Gasteiger partial charge in [0.25, 0.3) is 0 Å². The van der Waals surface area contributed by atoms with Crippen molar-refractivity contribution in [2.45, 2.75) is 64.6 Å². The third-order valence-corrected chi connectivity index (χ3v) is 9.13. The van der Waals surface area contributed by atoms with Gasteiger partial charge < -0.3 is 10.2 Å². The lowest BCUT2D eigenvalue weighted by Gasteiger charge is -2.34. The molecule has 1 atom stereocenters. The molecule has 1 N–H and O–H groups in total. The molecule has 0 saturated heterocycles. The van der Waals surface area contributed by atoms with E-state index in [2.05, 4.69) is 21.2 Å². The second kappa shape index (κ2) is 13.7. The molecule has 1 saturated carbocycles. The van der Waals surface area contributed by atoms with Crippen molar-refractivity contribution < 1.29 is 18.0 Å². The Bertz CT molecular complexity index is 1470. The van der Waals surface area contributed by atoms with E-state index in [-0.39, 0.29) is 18.5 Å². The quantitative estimate of drug-likeness (QED) is 0.299. The maximum absolute atomic E-state index is 14.2. The van der Waals surface area contributed by atoms with Gasteiger partial charge in [0.1, 0.15) is 12.6 Å². The van der Waals surface area contributed by atoms with Crippen LogP contribution in [-0.2, 0) is 32.6 Å². The Kier molecular flexibility index (Phi) is 10.3. The highest BCUT2D eigenvalue weighted by Gasteiger charge is 2.34. The van der Waals surface area contributed by atoms with Gasteiger partial charge in [-0.25, -0.2) is 8.42 Å². The maximum atomic E-state index is 14.2. The first-order valence-electron chi connectivity index (χ1n) is 13.9. The predicted octanol–water partition coefficient (Wildman–Crippen LogP) is 5.53. The highest BCUT2D eigenvalue weighted by Crippen LogP contribution is 2.25. The number of halogens is 1. The van der Waals surface area contributed by atoms with Crippen LogP contribution in [0.2, 0.25) is 0 Å². The number of carbonyl (C=O) groups excluding carboxylic acids is 2. The van der Waals surface area contributed by atoms with Crippen LogP contribution in [0.15, 0.2) is 77.3 Å². The first kappa shape index (κ1) is 30.8. The van der Waals surface area contributed by atoms with Crippen molar-refractivity contribution in [3.05, 3.63) is 99.5 Å². The van der Waals surface area contributed by atoms with Crippen LogP contribution in [0.3, 0.4) is 0 Å². The summed E-state index contributed by atoms with van der Waals surface area (Å²) < 4.78 is 28.0. The summed E-state index contributed by atoms with van der Waals surface area (Å²) in [5.41, 5.74) is 3.94. The normalized spacial score (nSPS) is 14.4. The monoisotopic (exact) mass is 639 g/mol. The Labute approximate surface area is 252 Å². The van der Waals surface area contributed by atoms with Gasteiger partial charge in [-0.15, -0.1) is 0 Å². The number of nitrogens with one attached hydrogen (secondary N) is 1. The second-order valence-corrected chi connectivity index (χ2v) is 13.7. The zero-order chi connectivity index (χ0) is 29.6. The number of rotatable bonds is 11. The molecular weight excluding hydrogens is 602 g/mol. The van der Waals surface area contributed by atoms with Crippen LogP contribution in [0.4, 0.5) is 5.69 Å². The van der Waals surface area contributed by atoms with E-state index in [9.17, 15) is 18.0 Å². The highest BCUT2D eigenvalue weighted by molar-refractivity contribution is 9.10. The molecule has 41 heavy (non-hydrogen) atoms. The van der Waals surface area contributed by atoms with Crippen molar-refractivity contribution >= 4 is 43.5 Å². The third-order valence-electron chi connectivity index (χ3n) is 7.51. The van der Waals surface area contributed by atoms with Crippen molar-refractivity contribution in [1.82, 2.24) is 10.2 Å². The summed E-state index contributed by atoms with van der Waals surface area (Å²) in [6.07, 6.45) is 5.37. The summed E-state index contributed by atoms with van der Waals surface area (Å²) in [5.74, 6) is -0.667. The molecule has 218 valence electrons. The van der Waals surface area contributed by atoms with Crippen LogP contribution in [0.5, 0.6) is 0 Å². The second-order valence-electron chi connectivity index (χ2n) is 10.9. The molecule has 1 unspecified atom stereocenters. The Hall–Kier alpha value is -3.17. The number of sulfonamides is 1. The van der Waals surface area contributed by atoms with Crippen molar-refractivity contribution in [2.24, 2.45) is 0 Å². The van der Waals surface area contributed by atoms with Crippen molar-refractivity contribution in [1.29, 1.82) is 0 Å². The zero-order valence-corrected chi connectivity index (χ0v) is 26.2. The minimum atomic E-state index is -3.81. The van der Waals surface area contributed by atoms with Crippen LogP contribution in [0, 0.1) is 13.8 Å². The predicted molar refractivity (Wildman–Crippen MR) is 167 cm³/mol. The van der Waals surface area contributed by atoms with E-state index in [1.165, 1.54) is 0 Å². The van der Waals surface area contributed by atoms with Crippen molar-refractivity contribution in [3.63, 3.8) is 0 Å². The summed E-state index contributed by atoms with van der Waals surface area (Å²) in [5, 5.41) is 3.19. The third kappa shape index (κ3) is 8.42. The van der Waals surface area contributed by atoms with E-state index in [1.807, 2.05) is 80.6 Å². The number of nitrogens with zero attached hydrogens (tertiary/aromatic N) is 2. The molecule has 0 aromatic heterocycles. The molecule has 7 nitrogen and oxygen atoms in total. The lowest BCUT2D eigenvalue weighted by atomic mass is 10.0. The van der Waals surface area contributed by atoms with Crippen LogP contribution < -0.4 is 9.62 Å². The van der Waals surface area contributed by atoms with E-state index >= 15 is 0 Å². The van der Waals surface area contributed by atoms with Gasteiger partial charge in [0.05, 0.1) is 11.9 Å². The maximum Gasteiger partial charge on any atom is 0.244 e. The molecule has 0 radical (unpaired) electrons. The number of amides is 2. The van der Waals surface area contributed by atoms with Gasteiger partial charge in [-0.1, -0.05) is 88.9 Å². The molecule has 2 amide bonds. The topological polar surface area (TPSA) is 86.8 Å². The van der Waals surface area contributed by atoms with Crippen molar-refractivity contribution in [3.8, 4) is 0 Å². The smallest absolute Gasteiger partial charge is 0.244 e. The Morgan fingerprint density at radius 2 is 1.63 bits per heavy atom. The van der Waals surface area contributed by atoms with Gasteiger partial charge in [-0.05, 0) is 61.6 Å². The minimum absolute atomic E-state index is 0.0753. The van der Waals surface area contributed by atoms with Crippen LogP contribution in [0.25, 0.3) is 0 Å². The standard InChI is InChI=1S/C32H38BrN3O4S/c1-23-16-17-29(24(2)18-23)36(41(3,39)40)22-31(37)35(21-26-12-9-13-27(33)19-26)30(20-25-10-5-4-6-11-25)32(38)34-28-14-7-8-15-28/h4-6,9-13,16-19,28,30H,7-8,14-15,20-22H2,1-3H3,(H,34,38). The van der Waals surface area contributed by atoms with Crippen LogP contribution in [0.1, 0.15) is 47.9 Å². The molecule has 3 aromatic carbocycles. The average molecular weight is 641 g/mol. The molecule has 1 aliphatic carbocycles. The van der Waals surface area contributed by atoms with Gasteiger partial charge >= 0.3 is 0 Å². The molecule has 4 rings (SSSR count). The molecule has 3 aromatic rings. The first-order valence-corrected chi connectivity index (χ1v) is 16.6. The molecule has 9 heteroatoms. The van der Waals surface area contributed by atoms with Crippen molar-refractivity contribution in [2.75, 3.05) is 17.1 Å². The Balaban J connectivity index is 1.74. The fourth-order valence-electron chi connectivity index (χ4n) is 5.43. The Morgan fingerprint density at radius 1 is 0.951 bits per heavy atom. The molecule has 1 fully saturated rings. The van der Waals surface area contributed by atoms with Crippen LogP contribution in [-0.4, -0.2) is 50.0 Å². The average Bonchev–Trinajstić information content (AvgIpc) is 3.42. The van der Waals surface area contributed by atoms with E-state index in [1.54, 1.807) is 11.0 Å². The van der Waals surface area contributed by atoms with Gasteiger partial charge in [0.2, 0.25) is 21.8 Å². The summed E-state index contributed by atoms with van der Waals surface area (Å²) >= 11 is 3.51. The molecular formula is C32H38BrN3O4S. The van der Waals surface area contributed by atoms with Crippen LogP contribution >= 0.6 is 15.9 Å². The van der Waals surface area contributed by atoms with Gasteiger partial charge in [0, 0.05) is 23.5 Å². The number of carbonyl (C=O) groups is 2. The van der Waals surface area contributed by atoms with E-state index in [0.29, 0.717) is 12.1 Å². The van der Waals surface area contributed by atoms with Gasteiger partial charge in [-0.2, -0.15) is 0 Å². The molecule has 0 spiro atoms. The summed E-state index contributed by atoms with van der Waals surface area (Å²) in [6, 6.07) is 21.9. The number of hydrogen-bond donors (Lipinski definition) is 1. The number of hydrogen-bond acceptors (Lipinski definition) is 4. The number of anilines is 1. The minimum Gasteiger partial charge on any atom is -0.352 e. The lowest BCUT2D eigenvalue weighted by molar-refractivity contribution is -0.140. The summed E-state index contributed by atoms with van der Waals surface area (Å²) in [6.45, 7) is 3.50. The van der Waals surface area contributed by atoms with Gasteiger partial charge in [-0.3, -0.25) is 13.9 Å². The Morgan fingerprint density at radius 3 is 2.27 bits per heavy atom. The molecule has 1 aliphatic rings. The molecule has 0 aliphatic heterocycles. The fraction of sp³-hybridized carbons (Fsp3) is 0.375. The van der Waals surface area contributed by atoms with E-state index in [0.717, 1.165) is 63.0 Å². The number of aryl methyl sites for hydroxylation is 2. The summed E-state index contributed by atoms with van der Waals surface area (Å²) in [7, 11) is -3.81. The highest BCUT2D eigenvalue weighted by atomic mass is 79.9. The zero-order valence-electron chi connectivity index (χ0n) is 23.8. The molecule has 0 bridgehead atoms. The van der Waals surface area contributed by atoms with E-state index < -0.39 is 28.5 Å². The summed E-state index contributed by atoms with van der Waals surface area (Å²) in [4.78, 5) is 29.7. The van der Waals surface area contributed by atoms with E-state index in [4.69, 9.17) is 0 Å². The lowest BCUT2D eigenvalue weighted by Crippen LogP contribution is -2.54. The van der Waals surface area contributed by atoms with Gasteiger partial charge in [0.15, 0.2) is 0 Å². The fourth-order valence-corrected chi connectivity index (χ4v) is 6.79.